The minimum atomic E-state index is -4.91. The number of carbonyl (C=O) groups is 3. The summed E-state index contributed by atoms with van der Waals surface area (Å²) >= 11 is 0.952. The highest BCUT2D eigenvalue weighted by Gasteiger charge is 2.53. The Balaban J connectivity index is 2.31. The molecule has 0 aromatic carbocycles. The smallest absolute Gasteiger partial charge is 0.363 e. The van der Waals surface area contributed by atoms with Gasteiger partial charge in [0, 0.05) is 5.38 Å². The monoisotopic (exact) mass is 445 g/mol. The SMILES string of the molecule is C#C[C@@H]1[C@H](NC(=O)/C(=N\OC(C)(C)C(=O)O)c2csc(N)n2)C(=O)N1S(=O)(=O)O. The van der Waals surface area contributed by atoms with Gasteiger partial charge in [-0.25, -0.2) is 9.78 Å². The molecule has 1 fully saturated rings. The zero-order valence-electron chi connectivity index (χ0n) is 14.9. The molecule has 2 heterocycles. The number of aromatic nitrogens is 1. The number of hydrogen-bond acceptors (Lipinski definition) is 10. The van der Waals surface area contributed by atoms with Crippen molar-refractivity contribution >= 4 is 50.3 Å². The van der Waals surface area contributed by atoms with Gasteiger partial charge in [-0.3, -0.25) is 14.1 Å². The summed E-state index contributed by atoms with van der Waals surface area (Å²) < 4.78 is 31.4. The van der Waals surface area contributed by atoms with Crippen LogP contribution >= 0.6 is 11.3 Å². The van der Waals surface area contributed by atoms with Crippen molar-refractivity contribution in [3.63, 3.8) is 0 Å². The van der Waals surface area contributed by atoms with Crippen LogP contribution in [0.5, 0.6) is 0 Å². The Morgan fingerprint density at radius 2 is 2.14 bits per heavy atom. The van der Waals surface area contributed by atoms with Gasteiger partial charge < -0.3 is 21.0 Å². The molecule has 1 saturated heterocycles. The number of nitrogens with zero attached hydrogens (tertiary/aromatic N) is 3. The molecule has 1 aliphatic rings. The highest BCUT2D eigenvalue weighted by molar-refractivity contribution is 7.84. The summed E-state index contributed by atoms with van der Waals surface area (Å²) in [4.78, 5) is 44.5. The fourth-order valence-corrected chi connectivity index (χ4v) is 3.39. The first kappa shape index (κ1) is 22.1. The van der Waals surface area contributed by atoms with Crippen LogP contribution in [0.15, 0.2) is 10.5 Å². The molecule has 0 spiro atoms. The maximum Gasteiger partial charge on any atom is 0.363 e. The standard InChI is InChI=1S/C14H15N5O8S2/c1-4-7-9(11(21)19(7)29(24,25)26)17-10(20)8(6-5-28-13(15)16-6)18-27-14(2,3)12(22)23/h1,5,7,9H,2-3H3,(H2,15,16)(H,17,20)(H,22,23)(H,24,25,26)/b18-8-/t7-,9+/m1/s1. The van der Waals surface area contributed by atoms with E-state index in [1.165, 1.54) is 19.2 Å². The molecule has 2 atom stereocenters. The van der Waals surface area contributed by atoms with E-state index < -0.39 is 51.5 Å². The lowest BCUT2D eigenvalue weighted by molar-refractivity contribution is -0.161. The molecule has 0 unspecified atom stereocenters. The zero-order valence-corrected chi connectivity index (χ0v) is 16.5. The molecular weight excluding hydrogens is 430 g/mol. The molecule has 2 rings (SSSR count). The molecule has 13 nitrogen and oxygen atoms in total. The number of carboxylic acids is 1. The van der Waals surface area contributed by atoms with Crippen molar-refractivity contribution < 1.29 is 37.3 Å². The van der Waals surface area contributed by atoms with E-state index in [2.05, 4.69) is 15.5 Å². The largest absolute Gasteiger partial charge is 0.478 e. The quantitative estimate of drug-likeness (QED) is 0.125. The molecule has 15 heteroatoms. The molecule has 0 radical (unpaired) electrons. The van der Waals surface area contributed by atoms with Gasteiger partial charge in [0.05, 0.1) is 0 Å². The lowest BCUT2D eigenvalue weighted by atomic mass is 9.99. The van der Waals surface area contributed by atoms with Crippen molar-refractivity contribution in [2.45, 2.75) is 31.5 Å². The van der Waals surface area contributed by atoms with Crippen LogP contribution in [0.4, 0.5) is 5.13 Å². The van der Waals surface area contributed by atoms with Gasteiger partial charge >= 0.3 is 16.3 Å². The Kier molecular flexibility index (Phi) is 5.83. The number of carbonyl (C=O) groups excluding carboxylic acids is 2. The normalized spacial score (nSPS) is 19.9. The minimum absolute atomic E-state index is 0.0274. The molecule has 5 N–H and O–H groups in total. The highest BCUT2D eigenvalue weighted by atomic mass is 32.2. The Morgan fingerprint density at radius 1 is 1.52 bits per heavy atom. The Morgan fingerprint density at radius 3 is 2.59 bits per heavy atom. The number of nitrogens with two attached hydrogens (primary N) is 1. The first-order chi connectivity index (χ1) is 13.3. The topological polar surface area (TPSA) is 202 Å². The van der Waals surface area contributed by atoms with Gasteiger partial charge in [0.2, 0.25) is 5.60 Å². The van der Waals surface area contributed by atoms with E-state index >= 15 is 0 Å². The van der Waals surface area contributed by atoms with Gasteiger partial charge in [-0.15, -0.1) is 17.8 Å². The number of aliphatic carboxylic acids is 1. The summed E-state index contributed by atoms with van der Waals surface area (Å²) in [5, 5.41) is 16.2. The van der Waals surface area contributed by atoms with Gasteiger partial charge in [-0.05, 0) is 13.8 Å². The summed E-state index contributed by atoms with van der Waals surface area (Å²) in [6, 6.07) is -2.96. The van der Waals surface area contributed by atoms with Crippen LogP contribution in [0.25, 0.3) is 0 Å². The summed E-state index contributed by atoms with van der Waals surface area (Å²) in [6.07, 6.45) is 5.17. The maximum atomic E-state index is 12.6. The number of thiazole rings is 1. The van der Waals surface area contributed by atoms with Crippen molar-refractivity contribution in [2.24, 2.45) is 5.16 Å². The number of hydrogen-bond donors (Lipinski definition) is 4. The Labute approximate surface area is 168 Å². The highest BCUT2D eigenvalue weighted by Crippen LogP contribution is 2.23. The van der Waals surface area contributed by atoms with Crippen molar-refractivity contribution in [1.29, 1.82) is 0 Å². The molecule has 1 aromatic rings. The van der Waals surface area contributed by atoms with Crippen LogP contribution in [-0.2, 0) is 29.5 Å². The number of rotatable bonds is 7. The molecule has 1 aromatic heterocycles. The third kappa shape index (κ3) is 4.45. The predicted octanol–water partition coefficient (Wildman–Crippen LogP) is -1.56. The Hall–Kier alpha value is -3.22. The molecule has 0 aliphatic carbocycles. The van der Waals surface area contributed by atoms with Crippen LogP contribution in [-0.4, -0.2) is 68.5 Å². The van der Waals surface area contributed by atoms with E-state index in [0.717, 1.165) is 11.3 Å². The van der Waals surface area contributed by atoms with E-state index in [4.69, 9.17) is 26.7 Å². The zero-order chi connectivity index (χ0) is 22.1. The van der Waals surface area contributed by atoms with Gasteiger partial charge in [0.25, 0.3) is 11.8 Å². The number of terminal acetylenes is 1. The summed E-state index contributed by atoms with van der Waals surface area (Å²) in [7, 11) is -4.91. The number of oxime groups is 1. The molecule has 0 bridgehead atoms. The van der Waals surface area contributed by atoms with E-state index in [1.807, 2.05) is 5.92 Å². The molecular formula is C14H15N5O8S2. The van der Waals surface area contributed by atoms with E-state index in [-0.39, 0.29) is 15.1 Å². The lowest BCUT2D eigenvalue weighted by Crippen LogP contribution is -2.71. The first-order valence-electron chi connectivity index (χ1n) is 7.58. The minimum Gasteiger partial charge on any atom is -0.478 e. The van der Waals surface area contributed by atoms with Crippen molar-refractivity contribution in [2.75, 3.05) is 5.73 Å². The van der Waals surface area contributed by atoms with Gasteiger partial charge in [0.15, 0.2) is 10.8 Å². The summed E-state index contributed by atoms with van der Waals surface area (Å²) in [5.74, 6) is -1.64. The third-order valence-corrected chi connectivity index (χ3v) is 5.20. The number of nitrogens with one attached hydrogen (secondary N) is 1. The molecule has 29 heavy (non-hydrogen) atoms. The van der Waals surface area contributed by atoms with Gasteiger partial charge in [-0.2, -0.15) is 12.7 Å². The Bertz CT molecular complexity index is 1040. The molecule has 156 valence electrons. The third-order valence-electron chi connectivity index (χ3n) is 3.62. The van der Waals surface area contributed by atoms with Crippen LogP contribution < -0.4 is 11.1 Å². The van der Waals surface area contributed by atoms with Crippen molar-refractivity contribution in [3.8, 4) is 12.3 Å². The van der Waals surface area contributed by atoms with Gasteiger partial charge in [-0.1, -0.05) is 11.1 Å². The maximum absolute atomic E-state index is 12.6. The summed E-state index contributed by atoms with van der Waals surface area (Å²) in [6.45, 7) is 2.36. The average molecular weight is 445 g/mol. The van der Waals surface area contributed by atoms with E-state index in [0.29, 0.717) is 0 Å². The first-order valence-corrected chi connectivity index (χ1v) is 9.86. The second kappa shape index (κ2) is 7.66. The van der Waals surface area contributed by atoms with Gasteiger partial charge in [0.1, 0.15) is 17.8 Å². The van der Waals surface area contributed by atoms with E-state index in [9.17, 15) is 22.8 Å². The molecule has 1 aliphatic heterocycles. The van der Waals surface area contributed by atoms with Crippen LogP contribution in [0, 0.1) is 12.3 Å². The van der Waals surface area contributed by atoms with Crippen molar-refractivity contribution in [1.82, 2.24) is 14.6 Å². The number of nitrogen functional groups attached to an aromatic ring is 1. The lowest BCUT2D eigenvalue weighted by Gasteiger charge is -2.41. The molecule has 2 amide bonds. The number of β-lactam (4-membered cyclic amide) rings is 1. The number of amides is 2. The number of carboxylic acid groups (broad SMARTS) is 1. The van der Waals surface area contributed by atoms with Crippen LogP contribution in [0.2, 0.25) is 0 Å². The van der Waals surface area contributed by atoms with Crippen molar-refractivity contribution in [3.05, 3.63) is 11.1 Å². The average Bonchev–Trinajstić information content (AvgIpc) is 3.01. The van der Waals surface area contributed by atoms with Crippen LogP contribution in [0.3, 0.4) is 0 Å². The second-order valence-electron chi connectivity index (χ2n) is 6.09. The van der Waals surface area contributed by atoms with E-state index in [1.54, 1.807) is 0 Å². The fraction of sp³-hybridized carbons (Fsp3) is 0.357. The fourth-order valence-electron chi connectivity index (χ4n) is 2.03. The summed E-state index contributed by atoms with van der Waals surface area (Å²) in [5.41, 5.74) is 3.11. The predicted molar refractivity (Wildman–Crippen MR) is 98.8 cm³/mol. The van der Waals surface area contributed by atoms with Crippen LogP contribution in [0.1, 0.15) is 19.5 Å². The molecule has 0 saturated carbocycles. The second-order valence-corrected chi connectivity index (χ2v) is 8.27. The number of anilines is 1.